The second kappa shape index (κ2) is 5.84. The van der Waals surface area contributed by atoms with E-state index in [-0.39, 0.29) is 11.8 Å². The van der Waals surface area contributed by atoms with E-state index >= 15 is 0 Å². The number of rotatable bonds is 4. The van der Waals surface area contributed by atoms with Crippen LogP contribution in [0, 0.1) is 5.92 Å². The minimum Gasteiger partial charge on any atom is -0.481 e. The van der Waals surface area contributed by atoms with Crippen molar-refractivity contribution in [1.29, 1.82) is 0 Å². The fourth-order valence-electron chi connectivity index (χ4n) is 1.88. The van der Waals surface area contributed by atoms with Gasteiger partial charge in [0.05, 0.1) is 5.92 Å². The summed E-state index contributed by atoms with van der Waals surface area (Å²) in [5.74, 6) is -1.10. The SMILES string of the molecule is CN(C)CCC(=O)N1CCC[C@@H](C(=O)O)C1. The Morgan fingerprint density at radius 2 is 2.12 bits per heavy atom. The third-order valence-corrected chi connectivity index (χ3v) is 2.90. The van der Waals surface area contributed by atoms with Crippen LogP contribution in [0.5, 0.6) is 0 Å². The van der Waals surface area contributed by atoms with Crippen LogP contribution in [0.15, 0.2) is 0 Å². The average Bonchev–Trinajstić information content (AvgIpc) is 2.26. The average molecular weight is 228 g/mol. The monoisotopic (exact) mass is 228 g/mol. The summed E-state index contributed by atoms with van der Waals surface area (Å²) in [5, 5.41) is 8.91. The fourth-order valence-corrected chi connectivity index (χ4v) is 1.88. The van der Waals surface area contributed by atoms with Crippen LogP contribution in [0.3, 0.4) is 0 Å². The molecule has 1 N–H and O–H groups in total. The Labute approximate surface area is 96.0 Å². The van der Waals surface area contributed by atoms with Gasteiger partial charge in [-0.15, -0.1) is 0 Å². The van der Waals surface area contributed by atoms with Crippen LogP contribution >= 0.6 is 0 Å². The van der Waals surface area contributed by atoms with Crippen LogP contribution in [0.2, 0.25) is 0 Å². The Morgan fingerprint density at radius 1 is 1.44 bits per heavy atom. The zero-order chi connectivity index (χ0) is 12.1. The highest BCUT2D eigenvalue weighted by Gasteiger charge is 2.27. The van der Waals surface area contributed by atoms with Crippen molar-refractivity contribution in [2.24, 2.45) is 5.92 Å². The van der Waals surface area contributed by atoms with Crippen LogP contribution in [0.1, 0.15) is 19.3 Å². The molecule has 1 amide bonds. The number of hydrogen-bond donors (Lipinski definition) is 1. The standard InChI is InChI=1S/C11H20N2O3/c1-12(2)7-5-10(14)13-6-3-4-9(8-13)11(15)16/h9H,3-8H2,1-2H3,(H,15,16)/t9-/m1/s1. The van der Waals surface area contributed by atoms with E-state index in [1.807, 2.05) is 19.0 Å². The molecular weight excluding hydrogens is 208 g/mol. The van der Waals surface area contributed by atoms with E-state index in [0.717, 1.165) is 6.42 Å². The highest BCUT2D eigenvalue weighted by atomic mass is 16.4. The first-order valence-electron chi connectivity index (χ1n) is 5.66. The molecule has 0 aromatic heterocycles. The number of carboxylic acid groups (broad SMARTS) is 1. The van der Waals surface area contributed by atoms with Gasteiger partial charge in [-0.1, -0.05) is 0 Å². The highest BCUT2D eigenvalue weighted by molar-refractivity contribution is 5.78. The molecule has 16 heavy (non-hydrogen) atoms. The second-order valence-electron chi connectivity index (χ2n) is 4.57. The van der Waals surface area contributed by atoms with Crippen LogP contribution in [-0.4, -0.2) is 60.5 Å². The van der Waals surface area contributed by atoms with Crippen molar-refractivity contribution in [1.82, 2.24) is 9.80 Å². The number of hydrogen-bond acceptors (Lipinski definition) is 3. The van der Waals surface area contributed by atoms with Gasteiger partial charge < -0.3 is 14.9 Å². The maximum absolute atomic E-state index is 11.8. The summed E-state index contributed by atoms with van der Waals surface area (Å²) in [6.07, 6.45) is 1.96. The molecule has 0 saturated carbocycles. The van der Waals surface area contributed by atoms with E-state index in [9.17, 15) is 9.59 Å². The van der Waals surface area contributed by atoms with Gasteiger partial charge in [0, 0.05) is 26.1 Å². The van der Waals surface area contributed by atoms with Gasteiger partial charge in [-0.05, 0) is 26.9 Å². The maximum Gasteiger partial charge on any atom is 0.308 e. The lowest BCUT2D eigenvalue weighted by atomic mass is 9.98. The van der Waals surface area contributed by atoms with Gasteiger partial charge in [-0.2, -0.15) is 0 Å². The zero-order valence-corrected chi connectivity index (χ0v) is 9.98. The number of carbonyl (C=O) groups is 2. The third kappa shape index (κ3) is 3.81. The molecule has 0 aromatic rings. The van der Waals surface area contributed by atoms with Crippen molar-refractivity contribution in [3.63, 3.8) is 0 Å². The second-order valence-corrected chi connectivity index (χ2v) is 4.57. The predicted octanol–water partition coefficient (Wildman–Crippen LogP) is 0.261. The molecule has 0 spiro atoms. The van der Waals surface area contributed by atoms with Crippen molar-refractivity contribution < 1.29 is 14.7 Å². The van der Waals surface area contributed by atoms with E-state index in [1.54, 1.807) is 4.90 Å². The molecule has 1 fully saturated rings. The van der Waals surface area contributed by atoms with Crippen molar-refractivity contribution in [3.8, 4) is 0 Å². The summed E-state index contributed by atoms with van der Waals surface area (Å²) in [5.41, 5.74) is 0. The molecule has 1 heterocycles. The molecule has 1 saturated heterocycles. The Balaban J connectivity index is 2.41. The summed E-state index contributed by atoms with van der Waals surface area (Å²) in [4.78, 5) is 26.3. The lowest BCUT2D eigenvalue weighted by Gasteiger charge is -2.31. The summed E-state index contributed by atoms with van der Waals surface area (Å²) < 4.78 is 0. The molecule has 1 aliphatic heterocycles. The summed E-state index contributed by atoms with van der Waals surface area (Å²) >= 11 is 0. The Morgan fingerprint density at radius 3 is 2.69 bits per heavy atom. The van der Waals surface area contributed by atoms with E-state index in [0.29, 0.717) is 32.5 Å². The molecule has 0 bridgehead atoms. The van der Waals surface area contributed by atoms with Crippen LogP contribution in [0.25, 0.3) is 0 Å². The lowest BCUT2D eigenvalue weighted by molar-refractivity contribution is -0.145. The Kier molecular flexibility index (Phi) is 4.73. The van der Waals surface area contributed by atoms with Gasteiger partial charge in [0.25, 0.3) is 0 Å². The fraction of sp³-hybridized carbons (Fsp3) is 0.818. The van der Waals surface area contributed by atoms with Gasteiger partial charge in [0.15, 0.2) is 0 Å². The molecule has 1 aliphatic rings. The van der Waals surface area contributed by atoms with Gasteiger partial charge in [-0.25, -0.2) is 0 Å². The quantitative estimate of drug-likeness (QED) is 0.750. The number of likely N-dealkylation sites (tertiary alicyclic amines) is 1. The minimum atomic E-state index is -0.787. The normalized spacial score (nSPS) is 21.2. The largest absolute Gasteiger partial charge is 0.481 e. The Bertz CT molecular complexity index is 266. The van der Waals surface area contributed by atoms with E-state index < -0.39 is 5.97 Å². The van der Waals surface area contributed by atoms with Crippen LogP contribution in [-0.2, 0) is 9.59 Å². The highest BCUT2D eigenvalue weighted by Crippen LogP contribution is 2.17. The van der Waals surface area contributed by atoms with Crippen molar-refractivity contribution in [3.05, 3.63) is 0 Å². The molecule has 0 aliphatic carbocycles. The topological polar surface area (TPSA) is 60.9 Å². The molecule has 1 rings (SSSR count). The zero-order valence-electron chi connectivity index (χ0n) is 9.98. The molecule has 1 atom stereocenters. The van der Waals surface area contributed by atoms with Crippen LogP contribution < -0.4 is 0 Å². The Hall–Kier alpha value is -1.10. The smallest absolute Gasteiger partial charge is 0.308 e. The van der Waals surface area contributed by atoms with Crippen LogP contribution in [0.4, 0.5) is 0 Å². The first-order valence-corrected chi connectivity index (χ1v) is 5.66. The van der Waals surface area contributed by atoms with E-state index in [1.165, 1.54) is 0 Å². The molecule has 0 unspecified atom stereocenters. The number of aliphatic carboxylic acids is 1. The molecule has 5 nitrogen and oxygen atoms in total. The van der Waals surface area contributed by atoms with E-state index in [4.69, 9.17) is 5.11 Å². The maximum atomic E-state index is 11.8. The number of piperidine rings is 1. The number of carbonyl (C=O) groups excluding carboxylic acids is 1. The number of amides is 1. The first kappa shape index (κ1) is 13.0. The number of nitrogens with zero attached hydrogens (tertiary/aromatic N) is 2. The van der Waals surface area contributed by atoms with Gasteiger partial charge in [-0.3, -0.25) is 9.59 Å². The lowest BCUT2D eigenvalue weighted by Crippen LogP contribution is -2.43. The summed E-state index contributed by atoms with van der Waals surface area (Å²) in [6, 6.07) is 0. The van der Waals surface area contributed by atoms with Gasteiger partial charge in [0.1, 0.15) is 0 Å². The molecular formula is C11H20N2O3. The molecule has 92 valence electrons. The van der Waals surface area contributed by atoms with Crippen molar-refractivity contribution >= 4 is 11.9 Å². The predicted molar refractivity (Wildman–Crippen MR) is 60.1 cm³/mol. The summed E-state index contributed by atoms with van der Waals surface area (Å²) in [6.45, 7) is 1.80. The number of carboxylic acids is 1. The van der Waals surface area contributed by atoms with Crippen molar-refractivity contribution in [2.45, 2.75) is 19.3 Å². The van der Waals surface area contributed by atoms with Crippen molar-refractivity contribution in [2.75, 3.05) is 33.7 Å². The summed E-state index contributed by atoms with van der Waals surface area (Å²) in [7, 11) is 3.84. The van der Waals surface area contributed by atoms with Gasteiger partial charge in [0.2, 0.25) is 5.91 Å². The first-order chi connectivity index (χ1) is 7.50. The molecule has 5 heteroatoms. The molecule has 0 aromatic carbocycles. The third-order valence-electron chi connectivity index (χ3n) is 2.90. The molecule has 0 radical (unpaired) electrons. The minimum absolute atomic E-state index is 0.0691. The van der Waals surface area contributed by atoms with E-state index in [2.05, 4.69) is 0 Å². The van der Waals surface area contributed by atoms with Gasteiger partial charge >= 0.3 is 5.97 Å².